The number of fused-ring (bicyclic) bond motifs is 2. The summed E-state index contributed by atoms with van der Waals surface area (Å²) in [6, 6.07) is 15.6. The largest absolute Gasteiger partial charge is 0.495 e. The van der Waals surface area contributed by atoms with Gasteiger partial charge >= 0.3 is 0 Å². The maximum Gasteiger partial charge on any atom is 0.272 e. The Labute approximate surface area is 253 Å². The number of hydrogen-bond donors (Lipinski definition) is 3. The zero-order valence-corrected chi connectivity index (χ0v) is 24.9. The predicted octanol–water partition coefficient (Wildman–Crippen LogP) is 4.70. The number of aryl methyl sites for hydroxylation is 2. The van der Waals surface area contributed by atoms with Gasteiger partial charge in [0, 0.05) is 55.0 Å². The predicted molar refractivity (Wildman–Crippen MR) is 169 cm³/mol. The number of aromatic amines is 1. The van der Waals surface area contributed by atoms with E-state index in [1.165, 1.54) is 6.33 Å². The highest BCUT2D eigenvalue weighted by atomic mass is 16.5. The summed E-state index contributed by atoms with van der Waals surface area (Å²) in [4.78, 5) is 32.3. The molecule has 0 radical (unpaired) electrons. The van der Waals surface area contributed by atoms with Crippen LogP contribution in [0.25, 0.3) is 33.2 Å². The van der Waals surface area contributed by atoms with Gasteiger partial charge < -0.3 is 25.3 Å². The number of carbonyl (C=O) groups is 1. The lowest BCUT2D eigenvalue weighted by Crippen LogP contribution is -2.34. The second-order valence-electron chi connectivity index (χ2n) is 11.3. The number of anilines is 2. The first-order chi connectivity index (χ1) is 21.4. The van der Waals surface area contributed by atoms with E-state index in [9.17, 15) is 4.79 Å². The van der Waals surface area contributed by atoms with Crippen LogP contribution in [-0.2, 0) is 13.6 Å². The van der Waals surface area contributed by atoms with E-state index in [1.54, 1.807) is 7.11 Å². The Morgan fingerprint density at radius 3 is 2.68 bits per heavy atom. The summed E-state index contributed by atoms with van der Waals surface area (Å²) in [6.07, 6.45) is 5.25. The molecule has 5 heterocycles. The van der Waals surface area contributed by atoms with Crippen molar-refractivity contribution in [3.63, 3.8) is 0 Å². The smallest absolute Gasteiger partial charge is 0.272 e. The first-order valence-corrected chi connectivity index (χ1v) is 14.7. The molecule has 1 fully saturated rings. The quantitative estimate of drug-likeness (QED) is 0.243. The first-order valence-electron chi connectivity index (χ1n) is 14.7. The van der Waals surface area contributed by atoms with Crippen LogP contribution in [-0.4, -0.2) is 65.3 Å². The number of nitrogen functional groups attached to an aromatic ring is 1. The van der Waals surface area contributed by atoms with E-state index >= 15 is 0 Å². The summed E-state index contributed by atoms with van der Waals surface area (Å²) >= 11 is 0. The average Bonchev–Trinajstić information content (AvgIpc) is 3.73. The summed E-state index contributed by atoms with van der Waals surface area (Å²) in [6.45, 7) is 4.67. The molecule has 7 rings (SSSR count). The van der Waals surface area contributed by atoms with Crippen LogP contribution in [0.2, 0.25) is 0 Å². The van der Waals surface area contributed by atoms with Crippen molar-refractivity contribution in [2.24, 2.45) is 7.05 Å². The van der Waals surface area contributed by atoms with Gasteiger partial charge in [-0.25, -0.2) is 19.6 Å². The minimum Gasteiger partial charge on any atom is -0.495 e. The average molecular weight is 591 g/mol. The van der Waals surface area contributed by atoms with Gasteiger partial charge in [0.2, 0.25) is 0 Å². The van der Waals surface area contributed by atoms with E-state index < -0.39 is 0 Å². The molecule has 12 heteroatoms. The van der Waals surface area contributed by atoms with E-state index in [1.807, 2.05) is 77.9 Å². The van der Waals surface area contributed by atoms with Gasteiger partial charge in [0.1, 0.15) is 35.1 Å². The van der Waals surface area contributed by atoms with Gasteiger partial charge in [0.05, 0.1) is 24.2 Å². The monoisotopic (exact) mass is 590 g/mol. The fourth-order valence-electron chi connectivity index (χ4n) is 6.20. The third-order valence-electron chi connectivity index (χ3n) is 8.48. The number of hydrogen-bond acceptors (Lipinski definition) is 8. The van der Waals surface area contributed by atoms with Crippen molar-refractivity contribution < 1.29 is 9.53 Å². The van der Waals surface area contributed by atoms with Gasteiger partial charge in [-0.2, -0.15) is 5.10 Å². The van der Waals surface area contributed by atoms with Crippen LogP contribution in [0.3, 0.4) is 0 Å². The van der Waals surface area contributed by atoms with Gasteiger partial charge in [-0.3, -0.25) is 9.69 Å². The molecule has 0 spiro atoms. The lowest BCUT2D eigenvalue weighted by atomic mass is 10.0. The number of benzene rings is 2. The van der Waals surface area contributed by atoms with E-state index in [2.05, 4.69) is 30.2 Å². The summed E-state index contributed by atoms with van der Waals surface area (Å²) in [5.74, 6) is 1.58. The number of nitrogens with zero attached hydrogens (tertiary/aromatic N) is 7. The minimum absolute atomic E-state index is 0.168. The molecule has 12 nitrogen and oxygen atoms in total. The topological polar surface area (TPSA) is 145 Å². The fraction of sp³-hybridized carbons (Fsp3) is 0.281. The van der Waals surface area contributed by atoms with Crippen LogP contribution in [0, 0.1) is 6.92 Å². The summed E-state index contributed by atoms with van der Waals surface area (Å²) in [5.41, 5.74) is 11.8. The van der Waals surface area contributed by atoms with Gasteiger partial charge in [0.25, 0.3) is 5.91 Å². The molecule has 2 aromatic carbocycles. The highest BCUT2D eigenvalue weighted by molar-refractivity contribution is 6.07. The molecule has 1 amide bonds. The Hall–Kier alpha value is -5.23. The minimum atomic E-state index is -0.226. The SMILES string of the molecule is COc1cc(-c2nn(C3CCN(Cc4cnc(C)[nH]4)CC3)c3ncnc(N)c23)ccc1NC(=O)c1cc2ccccc2n1C. The van der Waals surface area contributed by atoms with Crippen LogP contribution >= 0.6 is 0 Å². The maximum atomic E-state index is 13.3. The normalized spacial score (nSPS) is 14.4. The molecule has 1 saturated heterocycles. The molecule has 0 aliphatic carbocycles. The van der Waals surface area contributed by atoms with E-state index in [-0.39, 0.29) is 11.9 Å². The van der Waals surface area contributed by atoms with Gasteiger partial charge in [-0.05, 0) is 44.0 Å². The summed E-state index contributed by atoms with van der Waals surface area (Å²) in [5, 5.41) is 9.78. The number of carbonyl (C=O) groups excluding carboxylic acids is 1. The Morgan fingerprint density at radius 2 is 1.93 bits per heavy atom. The zero-order chi connectivity index (χ0) is 30.4. The number of aromatic nitrogens is 7. The lowest BCUT2D eigenvalue weighted by Gasteiger charge is -2.31. The second-order valence-corrected chi connectivity index (χ2v) is 11.3. The number of imidazole rings is 1. The maximum absolute atomic E-state index is 13.3. The molecule has 44 heavy (non-hydrogen) atoms. The number of methoxy groups -OCH3 is 1. The van der Waals surface area contributed by atoms with Crippen molar-refractivity contribution in [3.8, 4) is 17.0 Å². The van der Waals surface area contributed by atoms with Crippen LogP contribution in [0.4, 0.5) is 11.5 Å². The lowest BCUT2D eigenvalue weighted by molar-refractivity contribution is 0.101. The van der Waals surface area contributed by atoms with Crippen molar-refractivity contribution in [2.45, 2.75) is 32.4 Å². The number of nitrogens with one attached hydrogen (secondary N) is 2. The van der Waals surface area contributed by atoms with Crippen molar-refractivity contribution in [1.82, 2.24) is 39.2 Å². The van der Waals surface area contributed by atoms with Gasteiger partial charge in [-0.15, -0.1) is 0 Å². The van der Waals surface area contributed by atoms with E-state index in [4.69, 9.17) is 15.6 Å². The molecule has 1 aliphatic rings. The number of para-hydroxylation sites is 1. The van der Waals surface area contributed by atoms with E-state index in [0.717, 1.165) is 60.5 Å². The summed E-state index contributed by atoms with van der Waals surface area (Å²) < 4.78 is 9.62. The molecule has 4 N–H and O–H groups in total. The fourth-order valence-corrected chi connectivity index (χ4v) is 6.20. The molecule has 6 aromatic rings. The van der Waals surface area contributed by atoms with Crippen LogP contribution in [0.5, 0.6) is 5.75 Å². The standard InChI is InChI=1S/C32H34N10O2/c1-19-34-16-22(37-19)17-41-12-10-23(11-13-41)42-31-28(30(33)35-18-36-31)29(39-42)21-8-9-24(27(15-21)44-3)38-32(43)26-14-20-6-4-5-7-25(20)40(26)2/h4-9,14-16,18,23H,10-13,17H2,1-3H3,(H,34,37)(H,38,43)(H2,33,35,36). The number of nitrogens with two attached hydrogens (primary N) is 1. The molecule has 1 aliphatic heterocycles. The number of ether oxygens (including phenoxy) is 1. The van der Waals surface area contributed by atoms with Crippen molar-refractivity contribution in [2.75, 3.05) is 31.2 Å². The number of amides is 1. The number of likely N-dealkylation sites (tertiary alicyclic amines) is 1. The molecule has 0 atom stereocenters. The van der Waals surface area contributed by atoms with Crippen molar-refractivity contribution in [1.29, 1.82) is 0 Å². The van der Waals surface area contributed by atoms with E-state index in [0.29, 0.717) is 39.7 Å². The summed E-state index contributed by atoms with van der Waals surface area (Å²) in [7, 11) is 3.47. The third-order valence-corrected chi connectivity index (χ3v) is 8.48. The van der Waals surface area contributed by atoms with Crippen LogP contribution < -0.4 is 15.8 Å². The Kier molecular flexibility index (Phi) is 6.97. The van der Waals surface area contributed by atoms with Crippen LogP contribution in [0.1, 0.15) is 40.9 Å². The van der Waals surface area contributed by atoms with Crippen molar-refractivity contribution >= 4 is 39.3 Å². The highest BCUT2D eigenvalue weighted by Crippen LogP contribution is 2.37. The van der Waals surface area contributed by atoms with Gasteiger partial charge in [-0.1, -0.05) is 24.3 Å². The number of rotatable bonds is 7. The molecular weight excluding hydrogens is 556 g/mol. The highest BCUT2D eigenvalue weighted by Gasteiger charge is 2.27. The van der Waals surface area contributed by atoms with Crippen molar-refractivity contribution in [3.05, 3.63) is 78.3 Å². The molecule has 0 bridgehead atoms. The number of H-pyrrole nitrogens is 1. The molecular formula is C32H34N10O2. The second kappa shape index (κ2) is 11.1. The Bertz CT molecular complexity index is 2000. The Morgan fingerprint density at radius 1 is 1.11 bits per heavy atom. The Balaban J connectivity index is 1.16. The third kappa shape index (κ3) is 4.92. The van der Waals surface area contributed by atoms with Crippen LogP contribution in [0.15, 0.2) is 61.1 Å². The molecule has 0 unspecified atom stereocenters. The molecule has 4 aromatic heterocycles. The van der Waals surface area contributed by atoms with Gasteiger partial charge in [0.15, 0.2) is 5.65 Å². The first kappa shape index (κ1) is 27.6. The molecule has 224 valence electrons. The molecule has 0 saturated carbocycles. The number of piperidine rings is 1. The zero-order valence-electron chi connectivity index (χ0n) is 24.9.